The molecule has 0 fully saturated rings. The molecule has 0 saturated carbocycles. The van der Waals surface area contributed by atoms with Gasteiger partial charge in [-0.3, -0.25) is 0 Å². The number of nitrogens with zero attached hydrogens (tertiary/aromatic N) is 2. The molecule has 6 aromatic carbocycles. The summed E-state index contributed by atoms with van der Waals surface area (Å²) in [6, 6.07) is 40.4. The molecule has 0 amide bonds. The van der Waals surface area contributed by atoms with E-state index < -0.39 is 0 Å². The highest BCUT2D eigenvalue weighted by Gasteiger charge is 2.23. The lowest BCUT2D eigenvalue weighted by atomic mass is 9.98. The summed E-state index contributed by atoms with van der Waals surface area (Å²) in [4.78, 5) is 4.17. The van der Waals surface area contributed by atoms with Crippen LogP contribution in [0.15, 0.2) is 171 Å². The molecule has 1 unspecified atom stereocenters. The molecule has 0 saturated heterocycles. The third-order valence-corrected chi connectivity index (χ3v) is 11.2. The Balaban J connectivity index is 1.19. The molecule has 0 radical (unpaired) electrons. The molecular weight excluding hydrogens is 777 g/mol. The van der Waals surface area contributed by atoms with Crippen LogP contribution < -0.4 is 19.3 Å². The van der Waals surface area contributed by atoms with Crippen LogP contribution in [0, 0.1) is 13.8 Å². The van der Waals surface area contributed by atoms with E-state index in [2.05, 4.69) is 86.2 Å². The molecule has 2 atom stereocenters. The van der Waals surface area contributed by atoms with Crippen molar-refractivity contribution in [2.45, 2.75) is 72.5 Å². The molecule has 6 rings (SSSR count). The Morgan fingerprint density at radius 2 is 1.06 bits per heavy atom. The SMILES string of the molecule is C=CCc1ccccc1N(CC=C)c1cc(C)cc(-c2ccccc2OC(C)CC[C@H](C)Oc2ccccc2-c2cc(C)cc(N(C)c3ccccc3C/C=C\C=C/C)c2O)c1O. The first-order valence-corrected chi connectivity index (χ1v) is 21.9. The Morgan fingerprint density at radius 3 is 1.62 bits per heavy atom. The van der Waals surface area contributed by atoms with Gasteiger partial charge in [-0.25, -0.2) is 0 Å². The fourth-order valence-electron chi connectivity index (χ4n) is 8.08. The number of hydrogen-bond acceptors (Lipinski definition) is 6. The molecule has 0 aromatic heterocycles. The van der Waals surface area contributed by atoms with Crippen molar-refractivity contribution in [1.82, 2.24) is 0 Å². The Bertz CT molecular complexity index is 2570. The van der Waals surface area contributed by atoms with Crippen LogP contribution in [0.1, 0.15) is 55.9 Å². The van der Waals surface area contributed by atoms with Gasteiger partial charge < -0.3 is 29.5 Å². The molecule has 6 nitrogen and oxygen atoms in total. The minimum atomic E-state index is -0.151. The zero-order chi connectivity index (χ0) is 44.9. The summed E-state index contributed by atoms with van der Waals surface area (Å²) in [5.74, 6) is 1.78. The summed E-state index contributed by atoms with van der Waals surface area (Å²) in [6.45, 7) is 18.8. The highest BCUT2D eigenvalue weighted by molar-refractivity contribution is 5.86. The van der Waals surface area contributed by atoms with Crippen molar-refractivity contribution < 1.29 is 19.7 Å². The van der Waals surface area contributed by atoms with Gasteiger partial charge >= 0.3 is 0 Å². The number of ether oxygens (including phenoxy) is 2. The average molecular weight is 839 g/mol. The molecule has 0 aliphatic carbocycles. The van der Waals surface area contributed by atoms with Crippen molar-refractivity contribution in [3.63, 3.8) is 0 Å². The number of rotatable bonds is 20. The minimum absolute atomic E-state index is 0.146. The second-order valence-electron chi connectivity index (χ2n) is 16.2. The lowest BCUT2D eigenvalue weighted by Crippen LogP contribution is -2.19. The van der Waals surface area contributed by atoms with Gasteiger partial charge in [-0.15, -0.1) is 13.2 Å². The largest absolute Gasteiger partial charge is 0.505 e. The monoisotopic (exact) mass is 838 g/mol. The van der Waals surface area contributed by atoms with Crippen molar-refractivity contribution in [3.8, 4) is 45.3 Å². The Hall–Kier alpha value is -6.92. The Labute approximate surface area is 375 Å². The van der Waals surface area contributed by atoms with E-state index in [9.17, 15) is 10.2 Å². The molecule has 6 heteroatoms. The molecule has 2 N–H and O–H groups in total. The van der Waals surface area contributed by atoms with Crippen molar-refractivity contribution in [2.24, 2.45) is 0 Å². The van der Waals surface area contributed by atoms with Gasteiger partial charge in [0.2, 0.25) is 0 Å². The fraction of sp³-hybridized carbons (Fsp3) is 0.228. The van der Waals surface area contributed by atoms with Crippen LogP contribution in [0.3, 0.4) is 0 Å². The molecular formula is C57H62N2O4. The lowest BCUT2D eigenvalue weighted by molar-refractivity contribution is 0.161. The van der Waals surface area contributed by atoms with Crippen LogP contribution in [-0.4, -0.2) is 36.0 Å². The van der Waals surface area contributed by atoms with Gasteiger partial charge in [-0.1, -0.05) is 109 Å². The number of allylic oxidation sites excluding steroid dienone is 5. The Kier molecular flexibility index (Phi) is 15.7. The summed E-state index contributed by atoms with van der Waals surface area (Å²) in [5.41, 5.74) is 10.8. The molecule has 0 heterocycles. The quantitative estimate of drug-likeness (QED) is 0.0590. The van der Waals surface area contributed by atoms with Crippen LogP contribution >= 0.6 is 0 Å². The molecule has 324 valence electrons. The normalized spacial score (nSPS) is 12.3. The molecule has 0 spiro atoms. The third kappa shape index (κ3) is 11.1. The maximum atomic E-state index is 12.0. The number of aryl methyl sites for hydroxylation is 2. The van der Waals surface area contributed by atoms with Gasteiger partial charge in [-0.05, 0) is 131 Å². The average Bonchev–Trinajstić information content (AvgIpc) is 3.28. The Morgan fingerprint density at radius 1 is 0.571 bits per heavy atom. The smallest absolute Gasteiger partial charge is 0.147 e. The van der Waals surface area contributed by atoms with Gasteiger partial charge in [0.25, 0.3) is 0 Å². The number of phenolic OH excluding ortho intramolecular Hbond substituents is 2. The number of aromatic hydroxyl groups is 2. The lowest BCUT2D eigenvalue weighted by Gasteiger charge is -2.28. The molecule has 0 aliphatic heterocycles. The first kappa shape index (κ1) is 45.6. The standard InChI is InChI=1S/C57H62N2O4/c1-9-12-13-14-24-45-26-15-19-29-50(45)58(8)52-38-40(4)36-48(56(52)60)46-27-17-21-31-54(46)62-42(6)33-34-43(7)63-55-32-22-18-28-47(55)49-37-41(5)39-53(57(49)61)59(35-11-3)51-30-20-16-25-44(51)23-10-2/h9-22,25-32,36-39,42-43,60-61H,2-3,23-24,33-35H2,1,4-8H3/b12-9-,14-13-/t42-,43?/m0/s1. The summed E-state index contributed by atoms with van der Waals surface area (Å²) in [6.07, 6.45) is 14.6. The number of phenols is 2. The second kappa shape index (κ2) is 21.7. The van der Waals surface area contributed by atoms with Gasteiger partial charge in [0.05, 0.1) is 23.6 Å². The van der Waals surface area contributed by atoms with E-state index in [1.54, 1.807) is 0 Å². The molecule has 6 aromatic rings. The summed E-state index contributed by atoms with van der Waals surface area (Å²) in [7, 11) is 2.00. The van der Waals surface area contributed by atoms with E-state index in [0.29, 0.717) is 35.7 Å². The zero-order valence-corrected chi connectivity index (χ0v) is 37.7. The van der Waals surface area contributed by atoms with Crippen molar-refractivity contribution >= 4 is 22.7 Å². The number of hydrogen-bond donors (Lipinski definition) is 2. The van der Waals surface area contributed by atoms with Gasteiger partial charge in [0, 0.05) is 47.2 Å². The second-order valence-corrected chi connectivity index (χ2v) is 16.2. The fourth-order valence-corrected chi connectivity index (χ4v) is 8.08. The zero-order valence-electron chi connectivity index (χ0n) is 37.7. The number of benzene rings is 6. The van der Waals surface area contributed by atoms with Crippen molar-refractivity contribution in [2.75, 3.05) is 23.4 Å². The van der Waals surface area contributed by atoms with E-state index >= 15 is 0 Å². The third-order valence-electron chi connectivity index (χ3n) is 11.2. The maximum Gasteiger partial charge on any atom is 0.147 e. The number of para-hydroxylation sites is 4. The molecule has 0 bridgehead atoms. The van der Waals surface area contributed by atoms with E-state index in [0.717, 1.165) is 75.3 Å². The predicted molar refractivity (Wildman–Crippen MR) is 266 cm³/mol. The minimum Gasteiger partial charge on any atom is -0.505 e. The van der Waals surface area contributed by atoms with Crippen LogP contribution in [0.2, 0.25) is 0 Å². The van der Waals surface area contributed by atoms with E-state index in [-0.39, 0.29) is 23.7 Å². The van der Waals surface area contributed by atoms with Gasteiger partial charge in [0.1, 0.15) is 23.0 Å². The van der Waals surface area contributed by atoms with Crippen molar-refractivity contribution in [1.29, 1.82) is 0 Å². The molecule has 63 heavy (non-hydrogen) atoms. The maximum absolute atomic E-state index is 12.0. The summed E-state index contributed by atoms with van der Waals surface area (Å²) in [5, 5.41) is 24.0. The predicted octanol–water partition coefficient (Wildman–Crippen LogP) is 14.6. The first-order valence-electron chi connectivity index (χ1n) is 21.9. The van der Waals surface area contributed by atoms with Crippen molar-refractivity contribution in [3.05, 3.63) is 193 Å². The van der Waals surface area contributed by atoms with Crippen LogP contribution in [-0.2, 0) is 12.8 Å². The van der Waals surface area contributed by atoms with Gasteiger partial charge in [-0.2, -0.15) is 0 Å². The summed E-state index contributed by atoms with van der Waals surface area (Å²) < 4.78 is 13.3. The number of anilines is 4. The highest BCUT2D eigenvalue weighted by atomic mass is 16.5. The first-order chi connectivity index (χ1) is 30.5. The van der Waals surface area contributed by atoms with Crippen LogP contribution in [0.25, 0.3) is 22.3 Å². The van der Waals surface area contributed by atoms with Gasteiger partial charge in [0.15, 0.2) is 0 Å². The van der Waals surface area contributed by atoms with E-state index in [1.807, 2.05) is 136 Å². The molecule has 0 aliphatic rings. The highest BCUT2D eigenvalue weighted by Crippen LogP contribution is 2.46. The topological polar surface area (TPSA) is 65.4 Å². The van der Waals surface area contributed by atoms with Crippen LogP contribution in [0.4, 0.5) is 22.7 Å². The van der Waals surface area contributed by atoms with E-state index in [1.165, 1.54) is 0 Å². The summed E-state index contributed by atoms with van der Waals surface area (Å²) >= 11 is 0. The van der Waals surface area contributed by atoms with Crippen LogP contribution in [0.5, 0.6) is 23.0 Å². The van der Waals surface area contributed by atoms with E-state index in [4.69, 9.17) is 9.47 Å².